The number of nitrogens with two attached hydrogens (primary N) is 1. The summed E-state index contributed by atoms with van der Waals surface area (Å²) < 4.78 is 27.2. The normalized spacial score (nSPS) is 57.0. The summed E-state index contributed by atoms with van der Waals surface area (Å²) in [5, 5.41) is 0. The Bertz CT molecular complexity index is 233. The van der Waals surface area contributed by atoms with E-state index in [0.29, 0.717) is 18.8 Å². The second-order valence-electron chi connectivity index (χ2n) is 5.38. The van der Waals surface area contributed by atoms with Crippen LogP contribution in [0.3, 0.4) is 0 Å². The molecule has 0 aliphatic heterocycles. The van der Waals surface area contributed by atoms with Crippen molar-refractivity contribution in [2.75, 3.05) is 0 Å². The van der Waals surface area contributed by atoms with Gasteiger partial charge in [-0.2, -0.15) is 0 Å². The summed E-state index contributed by atoms with van der Waals surface area (Å²) in [6, 6.07) is 0. The monoisotopic (exact) mass is 187 g/mol. The predicted octanol–water partition coefficient (Wildman–Crippen LogP) is 2.16. The van der Waals surface area contributed by atoms with Gasteiger partial charge in [0.2, 0.25) is 0 Å². The molecule has 0 heterocycles. The molecule has 0 aromatic carbocycles. The van der Waals surface area contributed by atoms with E-state index in [-0.39, 0.29) is 5.54 Å². The van der Waals surface area contributed by atoms with E-state index in [2.05, 4.69) is 0 Å². The Morgan fingerprint density at radius 3 is 2.00 bits per heavy atom. The van der Waals surface area contributed by atoms with Crippen LogP contribution in [0.5, 0.6) is 0 Å². The summed E-state index contributed by atoms with van der Waals surface area (Å²) in [5.41, 5.74) is 5.88. The summed E-state index contributed by atoms with van der Waals surface area (Å²) >= 11 is 0. The van der Waals surface area contributed by atoms with Gasteiger partial charge in [-0.05, 0) is 38.0 Å². The third-order valence-electron chi connectivity index (χ3n) is 4.33. The minimum atomic E-state index is -2.40. The van der Waals surface area contributed by atoms with Crippen LogP contribution in [-0.4, -0.2) is 11.5 Å². The number of rotatable bonds is 0. The van der Waals surface area contributed by atoms with Crippen molar-refractivity contribution in [3.63, 3.8) is 0 Å². The van der Waals surface area contributed by atoms with Gasteiger partial charge in [0.15, 0.2) is 0 Å². The van der Waals surface area contributed by atoms with Crippen LogP contribution in [0.25, 0.3) is 0 Å². The zero-order chi connectivity index (χ0) is 9.27. The third kappa shape index (κ3) is 0.940. The Kier molecular flexibility index (Phi) is 1.30. The molecule has 4 rings (SSSR count). The first-order valence-corrected chi connectivity index (χ1v) is 5.16. The molecule has 2 unspecified atom stereocenters. The van der Waals surface area contributed by atoms with Crippen molar-refractivity contribution in [3.05, 3.63) is 0 Å². The zero-order valence-corrected chi connectivity index (χ0v) is 7.60. The van der Waals surface area contributed by atoms with E-state index in [1.807, 2.05) is 0 Å². The van der Waals surface area contributed by atoms with E-state index in [4.69, 9.17) is 5.73 Å². The fourth-order valence-corrected chi connectivity index (χ4v) is 3.96. The molecule has 4 saturated carbocycles. The van der Waals surface area contributed by atoms with Crippen LogP contribution in [0.15, 0.2) is 0 Å². The van der Waals surface area contributed by atoms with Crippen LogP contribution in [0, 0.1) is 17.8 Å². The van der Waals surface area contributed by atoms with Crippen LogP contribution in [0.1, 0.15) is 32.1 Å². The maximum Gasteiger partial charge on any atom is 0.253 e. The van der Waals surface area contributed by atoms with Gasteiger partial charge in [-0.15, -0.1) is 0 Å². The highest BCUT2D eigenvalue weighted by Crippen LogP contribution is 2.60. The first-order valence-electron chi connectivity index (χ1n) is 5.16. The van der Waals surface area contributed by atoms with Gasteiger partial charge in [0, 0.05) is 17.4 Å². The van der Waals surface area contributed by atoms with Gasteiger partial charge in [-0.3, -0.25) is 0 Å². The van der Waals surface area contributed by atoms with Crippen molar-refractivity contribution in [2.45, 2.75) is 43.6 Å². The first kappa shape index (κ1) is 8.16. The van der Waals surface area contributed by atoms with E-state index in [0.717, 1.165) is 19.3 Å². The highest BCUT2D eigenvalue weighted by molar-refractivity contribution is 5.10. The number of hydrogen-bond acceptors (Lipinski definition) is 1. The maximum absolute atomic E-state index is 13.6. The summed E-state index contributed by atoms with van der Waals surface area (Å²) in [6.45, 7) is 0. The molecular formula is C10H15F2N. The smallest absolute Gasteiger partial charge is 0.253 e. The summed E-state index contributed by atoms with van der Waals surface area (Å²) in [6.07, 6.45) is 3.57. The van der Waals surface area contributed by atoms with Gasteiger partial charge in [-0.1, -0.05) is 0 Å². The van der Waals surface area contributed by atoms with Crippen LogP contribution >= 0.6 is 0 Å². The Labute approximate surface area is 76.7 Å². The molecule has 4 aliphatic carbocycles. The van der Waals surface area contributed by atoms with Crippen molar-refractivity contribution in [1.29, 1.82) is 0 Å². The molecule has 0 aromatic rings. The molecule has 4 aliphatic rings. The van der Waals surface area contributed by atoms with Crippen molar-refractivity contribution in [1.82, 2.24) is 0 Å². The average molecular weight is 187 g/mol. The maximum atomic E-state index is 13.6. The second kappa shape index (κ2) is 2.08. The molecule has 0 amide bonds. The van der Waals surface area contributed by atoms with Gasteiger partial charge >= 0.3 is 0 Å². The minimum Gasteiger partial charge on any atom is -0.325 e. The summed E-state index contributed by atoms with van der Waals surface area (Å²) in [7, 11) is 0. The Balaban J connectivity index is 1.99. The zero-order valence-electron chi connectivity index (χ0n) is 7.60. The minimum absolute atomic E-state index is 0.224. The van der Waals surface area contributed by atoms with Crippen molar-refractivity contribution >= 4 is 0 Å². The summed E-state index contributed by atoms with van der Waals surface area (Å²) in [4.78, 5) is 0. The van der Waals surface area contributed by atoms with Crippen LogP contribution in [-0.2, 0) is 0 Å². The van der Waals surface area contributed by atoms with E-state index in [9.17, 15) is 8.78 Å². The molecule has 0 spiro atoms. The van der Waals surface area contributed by atoms with E-state index in [1.165, 1.54) is 0 Å². The molecule has 13 heavy (non-hydrogen) atoms. The van der Waals surface area contributed by atoms with Gasteiger partial charge in [-0.25, -0.2) is 8.78 Å². The molecule has 74 valence electrons. The SMILES string of the molecule is NC12CC3CC(C1)C(F)(F)C(C3)C2. The van der Waals surface area contributed by atoms with Crippen molar-refractivity contribution in [2.24, 2.45) is 23.5 Å². The van der Waals surface area contributed by atoms with Gasteiger partial charge in [0.1, 0.15) is 0 Å². The molecule has 2 atom stereocenters. The lowest BCUT2D eigenvalue weighted by molar-refractivity contribution is -0.206. The lowest BCUT2D eigenvalue weighted by atomic mass is 9.51. The van der Waals surface area contributed by atoms with Crippen LogP contribution < -0.4 is 5.73 Å². The second-order valence-corrected chi connectivity index (χ2v) is 5.38. The van der Waals surface area contributed by atoms with Crippen LogP contribution in [0.4, 0.5) is 8.78 Å². The third-order valence-corrected chi connectivity index (χ3v) is 4.33. The quantitative estimate of drug-likeness (QED) is 0.618. The Hall–Kier alpha value is -0.180. The molecule has 4 fully saturated rings. The lowest BCUT2D eigenvalue weighted by Gasteiger charge is -2.58. The van der Waals surface area contributed by atoms with E-state index < -0.39 is 17.8 Å². The topological polar surface area (TPSA) is 26.0 Å². The molecular weight excluding hydrogens is 172 g/mol. The first-order chi connectivity index (χ1) is 6.00. The number of alkyl halides is 2. The van der Waals surface area contributed by atoms with E-state index in [1.54, 1.807) is 0 Å². The largest absolute Gasteiger partial charge is 0.325 e. The highest BCUT2D eigenvalue weighted by Gasteiger charge is 2.62. The van der Waals surface area contributed by atoms with Crippen molar-refractivity contribution < 1.29 is 8.78 Å². The predicted molar refractivity (Wildman–Crippen MR) is 45.4 cm³/mol. The number of halogens is 2. The summed E-state index contributed by atoms with van der Waals surface area (Å²) in [5.74, 6) is -2.70. The number of hydrogen-bond donors (Lipinski definition) is 1. The Morgan fingerprint density at radius 2 is 1.54 bits per heavy atom. The van der Waals surface area contributed by atoms with Gasteiger partial charge in [0.05, 0.1) is 0 Å². The molecule has 0 saturated heterocycles. The van der Waals surface area contributed by atoms with Gasteiger partial charge in [0.25, 0.3) is 5.92 Å². The molecule has 4 bridgehead atoms. The molecule has 2 N–H and O–H groups in total. The van der Waals surface area contributed by atoms with Gasteiger partial charge < -0.3 is 5.73 Å². The average Bonchev–Trinajstić information content (AvgIpc) is 1.97. The molecule has 0 aromatic heterocycles. The van der Waals surface area contributed by atoms with Crippen molar-refractivity contribution in [3.8, 4) is 0 Å². The fourth-order valence-electron chi connectivity index (χ4n) is 3.96. The van der Waals surface area contributed by atoms with Crippen LogP contribution in [0.2, 0.25) is 0 Å². The molecule has 0 radical (unpaired) electrons. The Morgan fingerprint density at radius 1 is 1.00 bits per heavy atom. The highest BCUT2D eigenvalue weighted by atomic mass is 19.3. The molecule has 1 nitrogen and oxygen atoms in total. The molecule has 3 heteroatoms. The standard InChI is InChI=1S/C10H15F2N/c11-10(12)7-1-6-2-8(10)5-9(13,3-6)4-7/h6-8H,1-5,13H2. The van der Waals surface area contributed by atoms with E-state index >= 15 is 0 Å². The fraction of sp³-hybridized carbons (Fsp3) is 1.00. The lowest BCUT2D eigenvalue weighted by Crippen LogP contribution is -2.63.